The summed E-state index contributed by atoms with van der Waals surface area (Å²) in [6.07, 6.45) is 0. The number of aromatic nitrogens is 3. The van der Waals surface area contributed by atoms with Crippen molar-refractivity contribution in [2.24, 2.45) is 0 Å². The first-order valence-corrected chi connectivity index (χ1v) is 21.5. The third-order valence-corrected chi connectivity index (χ3v) is 13.6. The molecule has 0 aliphatic carbocycles. The van der Waals surface area contributed by atoms with Gasteiger partial charge in [0, 0.05) is 32.7 Å². The van der Waals surface area contributed by atoms with Gasteiger partial charge in [-0.2, -0.15) is 0 Å². The summed E-state index contributed by atoms with van der Waals surface area (Å²) >= 11 is 0. The van der Waals surface area contributed by atoms with Crippen molar-refractivity contribution < 1.29 is 4.74 Å². The van der Waals surface area contributed by atoms with Crippen LogP contribution in [0.2, 0.25) is 0 Å². The Kier molecular flexibility index (Phi) is 6.94. The van der Waals surface area contributed by atoms with Gasteiger partial charge in [-0.05, 0) is 120 Å². The molecule has 0 spiro atoms. The molecule has 12 rings (SSSR count). The number of hydrogen-bond acceptors (Lipinski definition) is 2. The second-order valence-electron chi connectivity index (χ2n) is 20.5. The van der Waals surface area contributed by atoms with E-state index in [2.05, 4.69) is 199 Å². The van der Waals surface area contributed by atoms with Gasteiger partial charge in [0.1, 0.15) is 17.1 Å². The van der Waals surface area contributed by atoms with Gasteiger partial charge >= 0.3 is 0 Å². The first kappa shape index (κ1) is 35.6. The van der Waals surface area contributed by atoms with Gasteiger partial charge in [-0.1, -0.05) is 135 Å². The summed E-state index contributed by atoms with van der Waals surface area (Å²) in [5.74, 6) is 1.86. The van der Waals surface area contributed by atoms with Gasteiger partial charge in [-0.25, -0.2) is 4.98 Å². The van der Waals surface area contributed by atoms with Crippen LogP contribution >= 0.6 is 0 Å². The van der Waals surface area contributed by atoms with Gasteiger partial charge in [0.2, 0.25) is 0 Å². The number of benzene rings is 7. The summed E-state index contributed by atoms with van der Waals surface area (Å²) in [5.41, 5.74) is 18.0. The monoisotopic (exact) mass is 777 g/mol. The minimum atomic E-state index is -0.0386. The van der Waals surface area contributed by atoms with Crippen LogP contribution in [0, 0.1) is 0 Å². The van der Waals surface area contributed by atoms with Crippen molar-refractivity contribution >= 4 is 83.3 Å². The number of hydrogen-bond donors (Lipinski definition) is 0. The molecule has 0 fully saturated rings. The molecule has 0 amide bonds. The van der Waals surface area contributed by atoms with E-state index < -0.39 is 0 Å². The Morgan fingerprint density at radius 3 is 1.92 bits per heavy atom. The molecule has 0 saturated heterocycles. The van der Waals surface area contributed by atoms with Gasteiger partial charge in [0.25, 0.3) is 6.71 Å². The molecule has 5 heterocycles. The fourth-order valence-corrected chi connectivity index (χ4v) is 10.3. The molecule has 2 aliphatic heterocycles. The lowest BCUT2D eigenvalue weighted by Gasteiger charge is -2.35. The van der Waals surface area contributed by atoms with Gasteiger partial charge < -0.3 is 9.30 Å². The zero-order valence-electron chi connectivity index (χ0n) is 36.0. The molecule has 0 bridgehead atoms. The molecule has 292 valence electrons. The molecule has 0 unspecified atom stereocenters. The maximum atomic E-state index is 7.13. The number of ether oxygens (including phenoxy) is 1. The number of pyridine rings is 1. The molecule has 4 nitrogen and oxygen atoms in total. The van der Waals surface area contributed by atoms with Crippen molar-refractivity contribution in [2.75, 3.05) is 0 Å². The van der Waals surface area contributed by atoms with Gasteiger partial charge in [-0.3, -0.25) is 4.40 Å². The molecule has 2 aliphatic rings. The van der Waals surface area contributed by atoms with Crippen LogP contribution in [-0.2, 0) is 16.2 Å². The first-order chi connectivity index (χ1) is 28.6. The van der Waals surface area contributed by atoms with Crippen LogP contribution in [0.15, 0.2) is 127 Å². The minimum Gasteiger partial charge on any atom is -0.458 e. The Hall–Kier alpha value is -6.33. The number of imidazole rings is 1. The van der Waals surface area contributed by atoms with E-state index in [-0.39, 0.29) is 23.0 Å². The predicted molar refractivity (Wildman–Crippen MR) is 255 cm³/mol. The summed E-state index contributed by atoms with van der Waals surface area (Å²) in [7, 11) is 0. The van der Waals surface area contributed by atoms with E-state index in [9.17, 15) is 0 Å². The number of rotatable bonds is 1. The van der Waals surface area contributed by atoms with Crippen LogP contribution in [0.3, 0.4) is 0 Å². The molecule has 10 aromatic rings. The topological polar surface area (TPSA) is 31.5 Å². The van der Waals surface area contributed by atoms with Gasteiger partial charge in [0.15, 0.2) is 0 Å². The number of para-hydroxylation sites is 1. The lowest BCUT2D eigenvalue weighted by Crippen LogP contribution is -2.58. The zero-order chi connectivity index (χ0) is 41.2. The van der Waals surface area contributed by atoms with E-state index in [4.69, 9.17) is 9.72 Å². The highest BCUT2D eigenvalue weighted by atomic mass is 16.5. The second-order valence-corrected chi connectivity index (χ2v) is 20.5. The molecule has 7 aromatic carbocycles. The molecule has 0 saturated carbocycles. The van der Waals surface area contributed by atoms with Gasteiger partial charge in [0.05, 0.1) is 22.1 Å². The highest BCUT2D eigenvalue weighted by molar-refractivity contribution is 6.99. The fourth-order valence-electron chi connectivity index (χ4n) is 10.3. The Labute approximate surface area is 351 Å². The smallest absolute Gasteiger partial charge is 0.256 e. The van der Waals surface area contributed by atoms with E-state index in [0.717, 1.165) is 50.2 Å². The van der Waals surface area contributed by atoms with Crippen LogP contribution in [0.1, 0.15) is 79.0 Å². The Balaban J connectivity index is 1.18. The quantitative estimate of drug-likeness (QED) is 0.123. The van der Waals surface area contributed by atoms with Crippen molar-refractivity contribution in [3.63, 3.8) is 0 Å². The summed E-state index contributed by atoms with van der Waals surface area (Å²) in [6.45, 7) is 20.9. The van der Waals surface area contributed by atoms with Crippen LogP contribution in [0.25, 0.3) is 77.0 Å². The van der Waals surface area contributed by atoms with Crippen LogP contribution in [0.4, 0.5) is 0 Å². The van der Waals surface area contributed by atoms with Crippen molar-refractivity contribution in [1.29, 1.82) is 0 Å². The minimum absolute atomic E-state index is 0.00834. The average molecular weight is 778 g/mol. The Morgan fingerprint density at radius 1 is 0.483 bits per heavy atom. The number of fused-ring (bicyclic) bond motifs is 15. The molecule has 0 N–H and O–H groups in total. The molecule has 3 aromatic heterocycles. The normalized spacial score (nSPS) is 13.8. The van der Waals surface area contributed by atoms with Crippen molar-refractivity contribution in [3.8, 4) is 28.3 Å². The molecule has 60 heavy (non-hydrogen) atoms. The summed E-state index contributed by atoms with van der Waals surface area (Å²) < 4.78 is 12.0. The molecule has 0 atom stereocenters. The Bertz CT molecular complexity index is 3530. The van der Waals surface area contributed by atoms with Crippen LogP contribution in [-0.4, -0.2) is 20.7 Å². The molecule has 5 heteroatoms. The van der Waals surface area contributed by atoms with Crippen LogP contribution in [0.5, 0.6) is 11.5 Å². The first-order valence-electron chi connectivity index (χ1n) is 21.5. The van der Waals surface area contributed by atoms with E-state index in [0.29, 0.717) is 0 Å². The third-order valence-electron chi connectivity index (χ3n) is 13.6. The second kappa shape index (κ2) is 11.7. The van der Waals surface area contributed by atoms with Gasteiger partial charge in [-0.15, -0.1) is 0 Å². The van der Waals surface area contributed by atoms with Crippen LogP contribution < -0.4 is 21.1 Å². The standard InChI is InChI=1S/C55H48BN3O/c1-53(2,3)33-19-22-45-39(27-33)40-28-35(55(7,8)9)30-42-51(40)58(45)47-25-32(26-49-50(47)56(42)41-29-34(54(4,5)6)20-23-48(41)60-49)31-18-21-43-46(24-31)59-44-17-13-12-15-37(44)36-14-10-11-16-38(36)52(59)57-43/h10-30H,1-9H3. The Morgan fingerprint density at radius 2 is 1.15 bits per heavy atom. The van der Waals surface area contributed by atoms with Crippen molar-refractivity contribution in [1.82, 2.24) is 14.0 Å². The third kappa shape index (κ3) is 4.89. The van der Waals surface area contributed by atoms with E-state index in [1.165, 1.54) is 71.3 Å². The molecular formula is C55H48BN3O. The van der Waals surface area contributed by atoms with E-state index in [1.807, 2.05) is 0 Å². The summed E-state index contributed by atoms with van der Waals surface area (Å²) in [4.78, 5) is 5.26. The zero-order valence-corrected chi connectivity index (χ0v) is 36.0. The lowest BCUT2D eigenvalue weighted by atomic mass is 9.34. The predicted octanol–water partition coefficient (Wildman–Crippen LogP) is 12.4. The highest BCUT2D eigenvalue weighted by Crippen LogP contribution is 2.43. The van der Waals surface area contributed by atoms with E-state index >= 15 is 0 Å². The maximum Gasteiger partial charge on any atom is 0.256 e. The SMILES string of the molecule is CC(C)(C)c1ccc2c(c1)B1c3c(cc(-c4ccc5nc6c7ccccc7c7ccccc7n6c5c4)cc3-n3c4ccc(C(C)(C)C)cc4c4cc(C(C)(C)C)cc1c43)O2. The summed E-state index contributed by atoms with van der Waals surface area (Å²) in [5, 5.41) is 6.23. The largest absolute Gasteiger partial charge is 0.458 e. The summed E-state index contributed by atoms with van der Waals surface area (Å²) in [6, 6.07) is 47.9. The number of nitrogens with zero attached hydrogens (tertiary/aromatic N) is 3. The highest BCUT2D eigenvalue weighted by Gasteiger charge is 2.42. The van der Waals surface area contributed by atoms with E-state index in [1.54, 1.807) is 0 Å². The molecular weight excluding hydrogens is 729 g/mol. The average Bonchev–Trinajstić information content (AvgIpc) is 3.77. The maximum absolute atomic E-state index is 7.13. The molecule has 0 radical (unpaired) electrons. The fraction of sp³-hybridized carbons (Fsp3) is 0.218. The lowest BCUT2D eigenvalue weighted by molar-refractivity contribution is 0.486. The van der Waals surface area contributed by atoms with Crippen molar-refractivity contribution in [2.45, 2.75) is 78.6 Å². The van der Waals surface area contributed by atoms with Crippen molar-refractivity contribution in [3.05, 3.63) is 144 Å².